The summed E-state index contributed by atoms with van der Waals surface area (Å²) in [5.41, 5.74) is 21.5. The van der Waals surface area contributed by atoms with Crippen molar-refractivity contribution in [1.29, 1.82) is 5.26 Å². The van der Waals surface area contributed by atoms with Gasteiger partial charge in [0.15, 0.2) is 0 Å². The Morgan fingerprint density at radius 2 is 0.367 bits per heavy atom. The maximum absolute atomic E-state index is 14.7. The summed E-state index contributed by atoms with van der Waals surface area (Å²) in [6.45, 7) is 0. The molecule has 26 rings (SSSR count). The van der Waals surface area contributed by atoms with E-state index >= 15 is 0 Å². The summed E-state index contributed by atoms with van der Waals surface area (Å²) in [7, 11) is 0. The molecule has 0 fully saturated rings. The quantitative estimate of drug-likeness (QED) is 0.0564. The Hall–Kier alpha value is -18.1. The average molecular weight is 2020 g/mol. The van der Waals surface area contributed by atoms with Gasteiger partial charge < -0.3 is 9.13 Å². The third-order valence-corrected chi connectivity index (χ3v) is 49.2. The summed E-state index contributed by atoms with van der Waals surface area (Å²) >= 11 is -6.97. The Labute approximate surface area is 851 Å². The van der Waals surface area contributed by atoms with E-state index in [1.165, 1.54) is 95.8 Å². The van der Waals surface area contributed by atoms with Crippen molar-refractivity contribution in [3.8, 4) is 51.1 Å². The van der Waals surface area contributed by atoms with Gasteiger partial charge in [-0.25, -0.2) is 22.0 Å². The predicted octanol–water partition coefficient (Wildman–Crippen LogP) is 29.4. The fourth-order valence-electron chi connectivity index (χ4n) is 22.5. The Kier molecular flexibility index (Phi) is 23.3. The van der Waals surface area contributed by atoms with Crippen LogP contribution in [-0.2, 0) is 0 Å². The summed E-state index contributed by atoms with van der Waals surface area (Å²) in [6.07, 6.45) is 0. The Bertz CT molecular complexity index is 9290. The van der Waals surface area contributed by atoms with Gasteiger partial charge in [-0.05, 0) is 146 Å². The number of benzene rings is 22. The van der Waals surface area contributed by atoms with Crippen LogP contribution in [0.3, 0.4) is 0 Å². The second-order valence-electron chi connectivity index (χ2n) is 37.2. The topological polar surface area (TPSA) is 50.0 Å². The van der Waals surface area contributed by atoms with Crippen LogP contribution in [0.1, 0.15) is 5.56 Å². The van der Waals surface area contributed by atoms with Crippen LogP contribution in [0.4, 0.5) is 56.1 Å². The molecule has 7 nitrogen and oxygen atoms in total. The monoisotopic (exact) mass is 2030 g/mol. The third-order valence-electron chi connectivity index (χ3n) is 29.1. The first kappa shape index (κ1) is 90.2. The van der Waals surface area contributed by atoms with Crippen LogP contribution < -0.4 is 45.0 Å². The number of hydrogen-bond acceptors (Lipinski definition) is 3. The molecule has 0 N–H and O–H groups in total. The second kappa shape index (κ2) is 38.0. The number of rotatable bonds is 20. The zero-order valence-corrected chi connectivity index (χ0v) is 83.5. The molecule has 0 bridgehead atoms. The SMILES string of the molecule is Fc1ccc(N(c2ccc3c(c2)c2ccccc2n3-c2ccc(F)cc2)c2ccc3c(c2)c2cc(-c4cc[c]([Ge]([c]5ccccc5)([c]5ccccc5)[c]5ccccc5)cc4)ccc2n3-c2ccc(F)cc2)cc1.N#Cc1ccc(N(c2ccc3c(c2)c2ccccc2n3-c2ccc(F)cc2)c2ccc3c(c2)c2cc(-c4cc[c]([Ge]([c]5ccccc5)([c]5ccccc5)[c]5ccccc5)cc4)ccc2n3-c2ccc(F)cc2)cc1. The number of hydrogen-bond donors (Lipinski definition) is 0. The molecule has 0 radical (unpaired) electrons. The molecule has 0 aliphatic rings. The van der Waals surface area contributed by atoms with Crippen LogP contribution in [0.25, 0.3) is 132 Å². The Morgan fingerprint density at radius 3 is 0.633 bits per heavy atom. The van der Waals surface area contributed by atoms with E-state index < -0.39 is 26.5 Å². The number of nitrogens with zero attached hydrogens (tertiary/aromatic N) is 7. The number of halogens is 5. The maximum Gasteiger partial charge on any atom is -0.0367 e. The molecular weight excluding hydrogens is 1940 g/mol. The number of para-hydroxylation sites is 2. The van der Waals surface area contributed by atoms with Gasteiger partial charge in [-0.1, -0.05) is 36.4 Å². The van der Waals surface area contributed by atoms with Crippen molar-refractivity contribution >= 4 is 183 Å². The molecule has 0 atom stereocenters. The van der Waals surface area contributed by atoms with Gasteiger partial charge in [-0.15, -0.1) is 0 Å². The predicted molar refractivity (Wildman–Crippen MR) is 602 cm³/mol. The van der Waals surface area contributed by atoms with Crippen LogP contribution in [0.15, 0.2) is 534 Å². The van der Waals surface area contributed by atoms with E-state index in [4.69, 9.17) is 0 Å². The van der Waals surface area contributed by atoms with Gasteiger partial charge >= 0.3 is 544 Å². The van der Waals surface area contributed by atoms with E-state index in [0.29, 0.717) is 5.56 Å². The van der Waals surface area contributed by atoms with Crippen molar-refractivity contribution in [1.82, 2.24) is 18.3 Å². The van der Waals surface area contributed by atoms with Crippen LogP contribution in [-0.4, -0.2) is 44.8 Å². The first-order chi connectivity index (χ1) is 72.4. The van der Waals surface area contributed by atoms with Gasteiger partial charge in [0.1, 0.15) is 29.1 Å². The van der Waals surface area contributed by atoms with Gasteiger partial charge in [0, 0.05) is 32.9 Å². The largest absolute Gasteiger partial charge is 0.0423 e. The minimum atomic E-state index is -3.49. The van der Waals surface area contributed by atoms with E-state index in [0.717, 1.165) is 166 Å². The Morgan fingerprint density at radius 1 is 0.170 bits per heavy atom. The third kappa shape index (κ3) is 16.0. The van der Waals surface area contributed by atoms with Crippen molar-refractivity contribution in [2.24, 2.45) is 0 Å². The fourth-order valence-corrected chi connectivity index (χ4v) is 42.4. The molecular formula is C133H88F5Ge2N7. The van der Waals surface area contributed by atoms with Crippen LogP contribution >= 0.6 is 0 Å². The first-order valence-corrected chi connectivity index (χ1v) is 57.5. The van der Waals surface area contributed by atoms with Gasteiger partial charge in [0.2, 0.25) is 0 Å². The van der Waals surface area contributed by atoms with E-state index in [9.17, 15) is 27.2 Å². The first-order valence-electron chi connectivity index (χ1n) is 49.1. The summed E-state index contributed by atoms with van der Waals surface area (Å²) in [4.78, 5) is 4.40. The minimum Gasteiger partial charge on any atom is -0.0423 e. The molecule has 698 valence electrons. The summed E-state index contributed by atoms with van der Waals surface area (Å²) in [6, 6.07) is 183. The van der Waals surface area contributed by atoms with Crippen LogP contribution in [0.5, 0.6) is 0 Å². The van der Waals surface area contributed by atoms with Crippen molar-refractivity contribution in [3.05, 3.63) is 568 Å². The molecule has 0 aliphatic carbocycles. The molecule has 147 heavy (non-hydrogen) atoms. The van der Waals surface area contributed by atoms with E-state index in [2.05, 4.69) is 398 Å². The van der Waals surface area contributed by atoms with Gasteiger partial charge in [0.25, 0.3) is 0 Å². The molecule has 4 aromatic heterocycles. The van der Waals surface area contributed by atoms with Gasteiger partial charge in [0.05, 0.1) is 33.7 Å². The number of fused-ring (bicyclic) bond motifs is 12. The average Bonchev–Trinajstić information content (AvgIpc) is 1.29. The van der Waals surface area contributed by atoms with Crippen molar-refractivity contribution in [2.45, 2.75) is 0 Å². The smallest absolute Gasteiger partial charge is 0.0367 e. The molecule has 14 heteroatoms. The number of anilines is 6. The van der Waals surface area contributed by atoms with Gasteiger partial charge in [-0.3, -0.25) is 0 Å². The fraction of sp³-hybridized carbons (Fsp3) is 0. The molecule has 0 spiro atoms. The molecule has 0 aliphatic heterocycles. The van der Waals surface area contributed by atoms with E-state index in [1.54, 1.807) is 24.3 Å². The number of nitriles is 1. The van der Waals surface area contributed by atoms with Crippen molar-refractivity contribution < 1.29 is 22.0 Å². The zero-order valence-electron chi connectivity index (χ0n) is 79.3. The molecule has 22 aromatic carbocycles. The van der Waals surface area contributed by atoms with Crippen LogP contribution in [0, 0.1) is 40.4 Å². The summed E-state index contributed by atoms with van der Waals surface area (Å²) < 4.78 is 91.8. The molecule has 0 unspecified atom stereocenters. The summed E-state index contributed by atoms with van der Waals surface area (Å²) in [5.74, 6) is -1.49. The molecule has 0 saturated heterocycles. The maximum atomic E-state index is 14.7. The molecule has 26 aromatic rings. The number of aromatic nitrogens is 4. The zero-order chi connectivity index (χ0) is 98.8. The normalized spacial score (nSPS) is 11.7. The van der Waals surface area contributed by atoms with Crippen molar-refractivity contribution in [3.63, 3.8) is 0 Å². The standard InChI is InChI=1S/C67H44F2GeN4.C66H44F3GeN3/c68-49-25-33-56(34-26-49)73-64-19-11-10-18-60(64)62-43-58(37-40-66(62)73)72(55-31-20-46(45-71)21-32-55)59-38-41-67-63(44-59)61-42-48(24-39-65(61)74(67)57-35-27-50(69)28-36-57)47-22-29-54(30-23-47)70(51-12-4-1-5-13-51,52-14-6-2-7-15-52)53-16-8-3-9-17-53;67-47-23-31-54(32-24-47)71(57-37-40-65-61(43-57)59-18-10-11-19-63(59)72(65)55-33-25-48(68)26-34-55)58-38-41-66-62(44-58)60-42-46(22-39-64(60)73(66)56-35-27-49(69)28-36-56)45-20-29-53(30-21-45)70(50-12-4-1-5-13-50,51-14-6-2-7-15-51)52-16-8-3-9-17-52/h1-44H;1-44H. The van der Waals surface area contributed by atoms with Gasteiger partial charge in [-0.2, -0.15) is 5.26 Å². The Balaban J connectivity index is 0.000000153. The second-order valence-corrected chi connectivity index (χ2v) is 53.2. The summed E-state index contributed by atoms with van der Waals surface area (Å²) in [5, 5.41) is 18.1. The minimum absolute atomic E-state index is 0.284. The van der Waals surface area contributed by atoms with E-state index in [-0.39, 0.29) is 29.1 Å². The molecule has 0 saturated carbocycles. The molecule has 4 heterocycles. The van der Waals surface area contributed by atoms with Crippen molar-refractivity contribution in [2.75, 3.05) is 9.80 Å². The molecule has 0 amide bonds. The van der Waals surface area contributed by atoms with Crippen LogP contribution in [0.2, 0.25) is 0 Å². The van der Waals surface area contributed by atoms with E-state index in [1.807, 2.05) is 84.9 Å².